The predicted molar refractivity (Wildman–Crippen MR) is 139 cm³/mol. The first-order valence-electron chi connectivity index (χ1n) is 12.1. The van der Waals surface area contributed by atoms with E-state index in [0.29, 0.717) is 38.4 Å². The monoisotopic (exact) mass is 479 g/mol. The van der Waals surface area contributed by atoms with Gasteiger partial charge in [-0.2, -0.15) is 0 Å². The SMILES string of the molecule is Cc1ccc(NC(=O)CN(C)C(=O)[C@@H](C)N2CCN(CC(=O)Nc3cccc(C)c3C)CC2)cc1. The number of rotatable bonds is 8. The Balaban J connectivity index is 1.42. The molecule has 1 fully saturated rings. The normalized spacial score (nSPS) is 15.3. The van der Waals surface area contributed by atoms with Gasteiger partial charge in [0.1, 0.15) is 0 Å². The van der Waals surface area contributed by atoms with E-state index in [2.05, 4.69) is 20.4 Å². The molecule has 0 aliphatic carbocycles. The molecule has 8 heteroatoms. The van der Waals surface area contributed by atoms with Crippen molar-refractivity contribution in [2.75, 3.05) is 56.9 Å². The summed E-state index contributed by atoms with van der Waals surface area (Å²) in [5, 5.41) is 5.84. The van der Waals surface area contributed by atoms with Crippen LogP contribution in [0.25, 0.3) is 0 Å². The molecule has 2 N–H and O–H groups in total. The van der Waals surface area contributed by atoms with Crippen LogP contribution in [0.3, 0.4) is 0 Å². The fourth-order valence-corrected chi connectivity index (χ4v) is 4.19. The molecule has 1 heterocycles. The molecule has 0 radical (unpaired) electrons. The molecule has 1 aliphatic heterocycles. The van der Waals surface area contributed by atoms with E-state index >= 15 is 0 Å². The Kier molecular flexibility index (Phi) is 9.01. The summed E-state index contributed by atoms with van der Waals surface area (Å²) >= 11 is 0. The molecule has 8 nitrogen and oxygen atoms in total. The van der Waals surface area contributed by atoms with Crippen LogP contribution in [0.4, 0.5) is 11.4 Å². The summed E-state index contributed by atoms with van der Waals surface area (Å²) in [7, 11) is 1.65. The topological polar surface area (TPSA) is 85.0 Å². The van der Waals surface area contributed by atoms with Crippen molar-refractivity contribution in [2.45, 2.75) is 33.7 Å². The molecular weight excluding hydrogens is 442 g/mol. The fraction of sp³-hybridized carbons (Fsp3) is 0.444. The first kappa shape index (κ1) is 26.4. The first-order chi connectivity index (χ1) is 16.6. The van der Waals surface area contributed by atoms with Crippen molar-refractivity contribution in [1.29, 1.82) is 0 Å². The summed E-state index contributed by atoms with van der Waals surface area (Å²) in [4.78, 5) is 43.5. The zero-order chi connectivity index (χ0) is 25.5. The Morgan fingerprint density at radius 1 is 0.914 bits per heavy atom. The van der Waals surface area contributed by atoms with Crippen LogP contribution in [0.1, 0.15) is 23.6 Å². The van der Waals surface area contributed by atoms with Crippen molar-refractivity contribution in [2.24, 2.45) is 0 Å². The highest BCUT2D eigenvalue weighted by molar-refractivity contribution is 5.95. The number of anilines is 2. The number of carbonyl (C=O) groups excluding carboxylic acids is 3. The van der Waals surface area contributed by atoms with Crippen molar-refractivity contribution in [3.05, 3.63) is 59.2 Å². The Hall–Kier alpha value is -3.23. The van der Waals surface area contributed by atoms with Crippen molar-refractivity contribution < 1.29 is 14.4 Å². The van der Waals surface area contributed by atoms with Crippen LogP contribution >= 0.6 is 0 Å². The number of hydrogen-bond donors (Lipinski definition) is 2. The van der Waals surface area contributed by atoms with Crippen molar-refractivity contribution in [3.63, 3.8) is 0 Å². The van der Waals surface area contributed by atoms with Crippen LogP contribution in [0, 0.1) is 20.8 Å². The van der Waals surface area contributed by atoms with Crippen LogP contribution < -0.4 is 10.6 Å². The van der Waals surface area contributed by atoms with Gasteiger partial charge >= 0.3 is 0 Å². The van der Waals surface area contributed by atoms with Crippen LogP contribution in [-0.4, -0.2) is 84.8 Å². The Morgan fingerprint density at radius 2 is 1.57 bits per heavy atom. The number of hydrogen-bond acceptors (Lipinski definition) is 5. The molecule has 1 aliphatic rings. The summed E-state index contributed by atoms with van der Waals surface area (Å²) in [5.74, 6) is -0.350. The number of nitrogens with zero attached hydrogens (tertiary/aromatic N) is 3. The molecular formula is C27H37N5O3. The van der Waals surface area contributed by atoms with Crippen molar-refractivity contribution in [3.8, 4) is 0 Å². The van der Waals surface area contributed by atoms with Crippen LogP contribution in [0.15, 0.2) is 42.5 Å². The molecule has 3 amide bonds. The lowest BCUT2D eigenvalue weighted by Crippen LogP contribution is -2.55. The molecule has 0 aromatic heterocycles. The van der Waals surface area contributed by atoms with Gasteiger partial charge in [0.25, 0.3) is 0 Å². The van der Waals surface area contributed by atoms with Gasteiger partial charge in [-0.15, -0.1) is 0 Å². The summed E-state index contributed by atoms with van der Waals surface area (Å²) in [5.41, 5.74) is 4.91. The van der Waals surface area contributed by atoms with Crippen LogP contribution in [0.2, 0.25) is 0 Å². The first-order valence-corrected chi connectivity index (χ1v) is 12.1. The number of likely N-dealkylation sites (N-methyl/N-ethyl adjacent to an activating group) is 1. The second kappa shape index (κ2) is 12.0. The number of amides is 3. The summed E-state index contributed by atoms with van der Waals surface area (Å²) in [6.07, 6.45) is 0. The van der Waals surface area contributed by atoms with Gasteiger partial charge in [0.05, 0.1) is 19.1 Å². The van der Waals surface area contributed by atoms with Gasteiger partial charge in [0.2, 0.25) is 17.7 Å². The molecule has 0 unspecified atom stereocenters. The number of aryl methyl sites for hydroxylation is 2. The number of nitrogens with one attached hydrogen (secondary N) is 2. The van der Waals surface area contributed by atoms with Gasteiger partial charge in [0.15, 0.2) is 0 Å². The number of carbonyl (C=O) groups is 3. The van der Waals surface area contributed by atoms with Crippen LogP contribution in [-0.2, 0) is 14.4 Å². The minimum atomic E-state index is -0.335. The van der Waals surface area contributed by atoms with Crippen molar-refractivity contribution >= 4 is 29.1 Å². The lowest BCUT2D eigenvalue weighted by atomic mass is 10.1. The molecule has 2 aromatic rings. The van der Waals surface area contributed by atoms with Gasteiger partial charge in [0, 0.05) is 44.6 Å². The van der Waals surface area contributed by atoms with E-state index in [9.17, 15) is 14.4 Å². The minimum absolute atomic E-state index is 0.00440. The maximum atomic E-state index is 12.9. The summed E-state index contributed by atoms with van der Waals surface area (Å²) in [6, 6.07) is 13.1. The number of benzene rings is 2. The minimum Gasteiger partial charge on any atom is -0.335 e. The maximum absolute atomic E-state index is 12.9. The second-order valence-electron chi connectivity index (χ2n) is 9.39. The third-order valence-electron chi connectivity index (χ3n) is 6.65. The van der Waals surface area contributed by atoms with Gasteiger partial charge in [-0.1, -0.05) is 29.8 Å². The third-order valence-corrected chi connectivity index (χ3v) is 6.65. The Morgan fingerprint density at radius 3 is 2.23 bits per heavy atom. The summed E-state index contributed by atoms with van der Waals surface area (Å²) in [6.45, 7) is 11.0. The van der Waals surface area contributed by atoms with Gasteiger partial charge < -0.3 is 15.5 Å². The molecule has 3 rings (SSSR count). The average Bonchev–Trinajstić information content (AvgIpc) is 2.83. The molecule has 0 bridgehead atoms. The second-order valence-corrected chi connectivity index (χ2v) is 9.39. The van der Waals surface area contributed by atoms with E-state index in [4.69, 9.17) is 0 Å². The maximum Gasteiger partial charge on any atom is 0.243 e. The fourth-order valence-electron chi connectivity index (χ4n) is 4.19. The highest BCUT2D eigenvalue weighted by Crippen LogP contribution is 2.18. The lowest BCUT2D eigenvalue weighted by Gasteiger charge is -2.38. The average molecular weight is 480 g/mol. The molecule has 1 atom stereocenters. The largest absolute Gasteiger partial charge is 0.335 e. The van der Waals surface area contributed by atoms with Gasteiger partial charge in [-0.05, 0) is 57.0 Å². The van der Waals surface area contributed by atoms with Gasteiger partial charge in [-0.25, -0.2) is 0 Å². The van der Waals surface area contributed by atoms with E-state index < -0.39 is 0 Å². The molecule has 188 valence electrons. The molecule has 2 aromatic carbocycles. The zero-order valence-electron chi connectivity index (χ0n) is 21.4. The molecule has 0 saturated carbocycles. The Labute approximate surface area is 208 Å². The van der Waals surface area contributed by atoms with E-state index in [0.717, 1.165) is 22.4 Å². The van der Waals surface area contributed by atoms with Gasteiger partial charge in [-0.3, -0.25) is 24.2 Å². The number of piperazine rings is 1. The third kappa shape index (κ3) is 7.37. The molecule has 35 heavy (non-hydrogen) atoms. The molecule has 1 saturated heterocycles. The van der Waals surface area contributed by atoms with E-state index in [-0.39, 0.29) is 30.3 Å². The van der Waals surface area contributed by atoms with E-state index in [1.165, 1.54) is 4.90 Å². The standard InChI is InChI=1S/C27H37N5O3/c1-19-9-11-23(12-10-19)28-25(33)17-30(5)27(35)22(4)32-15-13-31(14-16-32)18-26(34)29-24-8-6-7-20(2)21(24)3/h6-12,22H,13-18H2,1-5H3,(H,28,33)(H,29,34)/t22-/m1/s1. The lowest BCUT2D eigenvalue weighted by molar-refractivity contribution is -0.138. The highest BCUT2D eigenvalue weighted by atomic mass is 16.2. The van der Waals surface area contributed by atoms with E-state index in [1.807, 2.05) is 70.2 Å². The quantitative estimate of drug-likeness (QED) is 0.608. The van der Waals surface area contributed by atoms with Crippen molar-refractivity contribution in [1.82, 2.24) is 14.7 Å². The summed E-state index contributed by atoms with van der Waals surface area (Å²) < 4.78 is 0. The predicted octanol–water partition coefficient (Wildman–Crippen LogP) is 2.65. The smallest absolute Gasteiger partial charge is 0.243 e. The molecule has 0 spiro atoms. The highest BCUT2D eigenvalue weighted by Gasteiger charge is 2.28. The van der Waals surface area contributed by atoms with E-state index in [1.54, 1.807) is 7.05 Å². The Bertz CT molecular complexity index is 1050. The van der Waals surface area contributed by atoms with Crippen LogP contribution in [0.5, 0.6) is 0 Å². The zero-order valence-corrected chi connectivity index (χ0v) is 21.4.